The van der Waals surface area contributed by atoms with Crippen molar-refractivity contribution in [3.05, 3.63) is 24.3 Å². The number of nitrogens with zero attached hydrogens (tertiary/aromatic N) is 1. The maximum absolute atomic E-state index is 12.4. The highest BCUT2D eigenvalue weighted by molar-refractivity contribution is 7.99. The lowest BCUT2D eigenvalue weighted by atomic mass is 10.2. The van der Waals surface area contributed by atoms with Crippen molar-refractivity contribution < 1.29 is 14.3 Å². The Hall–Kier alpha value is -1.53. The third-order valence-corrected chi connectivity index (χ3v) is 4.05. The fourth-order valence-corrected chi connectivity index (χ4v) is 3.04. The van der Waals surface area contributed by atoms with Gasteiger partial charge in [0.2, 0.25) is 5.91 Å². The highest BCUT2D eigenvalue weighted by Gasteiger charge is 2.31. The van der Waals surface area contributed by atoms with Gasteiger partial charge in [0, 0.05) is 10.6 Å². The molecule has 0 unspecified atom stereocenters. The average molecular weight is 308 g/mol. The Bertz CT molecular complexity index is 554. The van der Waals surface area contributed by atoms with Crippen LogP contribution in [0, 0.1) is 0 Å². The summed E-state index contributed by atoms with van der Waals surface area (Å²) >= 11 is 1.53. The lowest BCUT2D eigenvalue weighted by Crippen LogP contribution is -2.47. The number of para-hydroxylation sites is 1. The molecule has 1 atom stereocenters. The van der Waals surface area contributed by atoms with E-state index in [9.17, 15) is 9.59 Å². The van der Waals surface area contributed by atoms with E-state index in [1.54, 1.807) is 20.8 Å². The van der Waals surface area contributed by atoms with Crippen LogP contribution in [0.5, 0.6) is 0 Å². The molecule has 0 saturated heterocycles. The number of nitrogens with two attached hydrogens (primary N) is 1. The van der Waals surface area contributed by atoms with Crippen LogP contribution in [0.3, 0.4) is 0 Å². The molecule has 0 bridgehead atoms. The van der Waals surface area contributed by atoms with Gasteiger partial charge in [-0.25, -0.2) is 0 Å². The average Bonchev–Trinajstić information content (AvgIpc) is 2.49. The topological polar surface area (TPSA) is 72.6 Å². The summed E-state index contributed by atoms with van der Waals surface area (Å²) in [6, 6.07) is 6.87. The molecule has 0 spiro atoms. The van der Waals surface area contributed by atoms with Crippen molar-refractivity contribution in [1.82, 2.24) is 0 Å². The van der Waals surface area contributed by atoms with E-state index in [0.717, 1.165) is 4.90 Å². The minimum absolute atomic E-state index is 0.124. The Balaban J connectivity index is 2.26. The van der Waals surface area contributed by atoms with E-state index in [2.05, 4.69) is 0 Å². The van der Waals surface area contributed by atoms with Crippen LogP contribution in [-0.2, 0) is 14.3 Å². The van der Waals surface area contributed by atoms with Gasteiger partial charge in [0.25, 0.3) is 0 Å². The molecule has 0 fully saturated rings. The molecule has 0 saturated carbocycles. The number of rotatable bonds is 2. The summed E-state index contributed by atoms with van der Waals surface area (Å²) in [5, 5.41) is 0. The first-order valence-electron chi connectivity index (χ1n) is 6.78. The number of carbonyl (C=O) groups is 2. The van der Waals surface area contributed by atoms with E-state index in [1.165, 1.54) is 16.7 Å². The quantitative estimate of drug-likeness (QED) is 0.843. The zero-order valence-electron chi connectivity index (χ0n) is 12.5. The molecule has 1 aromatic rings. The van der Waals surface area contributed by atoms with Crippen LogP contribution in [0.25, 0.3) is 0 Å². The zero-order valence-corrected chi connectivity index (χ0v) is 13.3. The Morgan fingerprint density at radius 3 is 2.76 bits per heavy atom. The van der Waals surface area contributed by atoms with Crippen molar-refractivity contribution in [3.8, 4) is 0 Å². The highest BCUT2D eigenvalue weighted by atomic mass is 32.2. The van der Waals surface area contributed by atoms with Gasteiger partial charge < -0.3 is 10.5 Å². The number of thioether (sulfide) groups is 1. The predicted octanol–water partition coefficient (Wildman–Crippen LogP) is 1.79. The van der Waals surface area contributed by atoms with Crippen LogP contribution >= 0.6 is 11.8 Å². The van der Waals surface area contributed by atoms with Crippen LogP contribution < -0.4 is 10.6 Å². The SMILES string of the molecule is CC(C)(C)OC(=O)CN1C(=O)[C@@H](N)CSc2ccccc21. The summed E-state index contributed by atoms with van der Waals surface area (Å²) in [6.07, 6.45) is 0. The van der Waals surface area contributed by atoms with E-state index in [-0.39, 0.29) is 12.5 Å². The first-order chi connectivity index (χ1) is 9.78. The first-order valence-corrected chi connectivity index (χ1v) is 7.77. The van der Waals surface area contributed by atoms with E-state index in [1.807, 2.05) is 24.3 Å². The van der Waals surface area contributed by atoms with E-state index in [4.69, 9.17) is 10.5 Å². The first kappa shape index (κ1) is 15.9. The van der Waals surface area contributed by atoms with Crippen molar-refractivity contribution in [2.75, 3.05) is 17.2 Å². The summed E-state index contributed by atoms with van der Waals surface area (Å²) < 4.78 is 5.30. The van der Waals surface area contributed by atoms with Gasteiger partial charge in [-0.05, 0) is 32.9 Å². The normalized spacial score (nSPS) is 19.0. The summed E-state index contributed by atoms with van der Waals surface area (Å²) in [7, 11) is 0. The molecule has 2 N–H and O–H groups in total. The number of benzene rings is 1. The molecule has 1 aromatic carbocycles. The van der Waals surface area contributed by atoms with Gasteiger partial charge in [0.05, 0.1) is 11.7 Å². The number of anilines is 1. The van der Waals surface area contributed by atoms with Crippen molar-refractivity contribution in [2.24, 2.45) is 5.73 Å². The molecule has 1 heterocycles. The van der Waals surface area contributed by atoms with E-state index in [0.29, 0.717) is 11.4 Å². The molecule has 2 rings (SSSR count). The zero-order chi connectivity index (χ0) is 15.6. The minimum Gasteiger partial charge on any atom is -0.459 e. The Labute approximate surface area is 128 Å². The second kappa shape index (κ2) is 6.07. The lowest BCUT2D eigenvalue weighted by Gasteiger charge is -2.26. The molecule has 114 valence electrons. The molecule has 0 aliphatic carbocycles. The molecule has 0 aromatic heterocycles. The molecule has 1 aliphatic rings. The number of hydrogen-bond acceptors (Lipinski definition) is 5. The molecule has 21 heavy (non-hydrogen) atoms. The number of carbonyl (C=O) groups excluding carboxylic acids is 2. The van der Waals surface area contributed by atoms with E-state index >= 15 is 0 Å². The Kier molecular flexibility index (Phi) is 4.58. The van der Waals surface area contributed by atoms with Gasteiger partial charge in [-0.3, -0.25) is 14.5 Å². The van der Waals surface area contributed by atoms with Crippen LogP contribution in [0.2, 0.25) is 0 Å². The van der Waals surface area contributed by atoms with Crippen molar-refractivity contribution in [1.29, 1.82) is 0 Å². The highest BCUT2D eigenvalue weighted by Crippen LogP contribution is 2.33. The van der Waals surface area contributed by atoms with Crippen LogP contribution in [0.4, 0.5) is 5.69 Å². The number of hydrogen-bond donors (Lipinski definition) is 1. The minimum atomic E-state index is -0.621. The monoisotopic (exact) mass is 308 g/mol. The van der Waals surface area contributed by atoms with Crippen molar-refractivity contribution in [3.63, 3.8) is 0 Å². The molecular weight excluding hydrogens is 288 g/mol. The smallest absolute Gasteiger partial charge is 0.326 e. The summed E-state index contributed by atoms with van der Waals surface area (Å²) in [4.78, 5) is 26.8. The van der Waals surface area contributed by atoms with Gasteiger partial charge in [0.1, 0.15) is 12.1 Å². The largest absolute Gasteiger partial charge is 0.459 e. The lowest BCUT2D eigenvalue weighted by molar-refractivity contribution is -0.153. The standard InChI is InChI=1S/C15H20N2O3S/c1-15(2,3)20-13(18)8-17-11-6-4-5-7-12(11)21-9-10(16)14(17)19/h4-7,10H,8-9,16H2,1-3H3/t10-/m0/s1. The molecule has 0 radical (unpaired) electrons. The predicted molar refractivity (Wildman–Crippen MR) is 83.3 cm³/mol. The van der Waals surface area contributed by atoms with Gasteiger partial charge in [-0.15, -0.1) is 11.8 Å². The molecular formula is C15H20N2O3S. The van der Waals surface area contributed by atoms with Crippen LogP contribution in [0.1, 0.15) is 20.8 Å². The van der Waals surface area contributed by atoms with Gasteiger partial charge in [0.15, 0.2) is 0 Å². The molecule has 5 nitrogen and oxygen atoms in total. The Morgan fingerprint density at radius 2 is 2.10 bits per heavy atom. The van der Waals surface area contributed by atoms with Crippen molar-refractivity contribution >= 4 is 29.3 Å². The third kappa shape index (κ3) is 3.98. The second-order valence-corrected chi connectivity index (χ2v) is 6.96. The van der Waals surface area contributed by atoms with Gasteiger partial charge >= 0.3 is 5.97 Å². The van der Waals surface area contributed by atoms with E-state index < -0.39 is 17.6 Å². The maximum atomic E-state index is 12.4. The van der Waals surface area contributed by atoms with Gasteiger partial charge in [-0.2, -0.15) is 0 Å². The van der Waals surface area contributed by atoms with Gasteiger partial charge in [-0.1, -0.05) is 12.1 Å². The second-order valence-electron chi connectivity index (χ2n) is 5.90. The van der Waals surface area contributed by atoms with Crippen LogP contribution in [-0.4, -0.2) is 35.8 Å². The van der Waals surface area contributed by atoms with Crippen LogP contribution in [0.15, 0.2) is 29.2 Å². The summed E-state index contributed by atoms with van der Waals surface area (Å²) in [5.74, 6) is -0.191. The molecule has 1 amide bonds. The molecule has 6 heteroatoms. The third-order valence-electron chi connectivity index (χ3n) is 2.86. The summed E-state index contributed by atoms with van der Waals surface area (Å²) in [5.41, 5.74) is 6.02. The maximum Gasteiger partial charge on any atom is 0.326 e. The summed E-state index contributed by atoms with van der Waals surface area (Å²) in [6.45, 7) is 5.27. The number of ether oxygens (including phenoxy) is 1. The fraction of sp³-hybridized carbons (Fsp3) is 0.467. The Morgan fingerprint density at radius 1 is 1.43 bits per heavy atom. The van der Waals surface area contributed by atoms with Crippen molar-refractivity contribution in [2.45, 2.75) is 37.3 Å². The molecule has 1 aliphatic heterocycles. The fourth-order valence-electron chi connectivity index (χ4n) is 2.04. The number of amides is 1. The number of esters is 1. The number of fused-ring (bicyclic) bond motifs is 1.